The fourth-order valence-corrected chi connectivity index (χ4v) is 5.29. The SMILES string of the molecule is Cc1ccc(O)c2c1[C@]13CC4C([C@@H]1C=CC(O)[C@@H]3O2)N4C. The molecule has 1 saturated heterocycles. The van der Waals surface area contributed by atoms with E-state index in [2.05, 4.69) is 24.9 Å². The smallest absolute Gasteiger partial charge is 0.165 e. The summed E-state index contributed by atoms with van der Waals surface area (Å²) in [5.41, 5.74) is 2.11. The van der Waals surface area contributed by atoms with Gasteiger partial charge in [0.1, 0.15) is 12.2 Å². The monoisotopic (exact) mass is 285 g/mol. The fraction of sp³-hybridized carbons (Fsp3) is 0.529. The van der Waals surface area contributed by atoms with Gasteiger partial charge in [0.05, 0.1) is 0 Å². The van der Waals surface area contributed by atoms with Gasteiger partial charge < -0.3 is 14.9 Å². The molecule has 2 heterocycles. The first kappa shape index (κ1) is 12.1. The van der Waals surface area contributed by atoms with Crippen molar-refractivity contribution in [2.24, 2.45) is 5.92 Å². The number of aromatic hydroxyl groups is 1. The van der Waals surface area contributed by atoms with E-state index in [9.17, 15) is 10.2 Å². The minimum Gasteiger partial charge on any atom is -0.504 e. The lowest BCUT2D eigenvalue weighted by Crippen LogP contribution is -2.52. The first-order valence-corrected chi connectivity index (χ1v) is 7.64. The van der Waals surface area contributed by atoms with E-state index in [0.717, 1.165) is 17.5 Å². The molecule has 0 aromatic heterocycles. The maximum Gasteiger partial charge on any atom is 0.165 e. The van der Waals surface area contributed by atoms with Crippen LogP contribution in [0.2, 0.25) is 0 Å². The molecule has 4 aliphatic rings. The van der Waals surface area contributed by atoms with Gasteiger partial charge in [0, 0.05) is 29.0 Å². The average Bonchev–Trinajstić information content (AvgIpc) is 2.87. The van der Waals surface area contributed by atoms with Crippen LogP contribution in [-0.2, 0) is 5.41 Å². The van der Waals surface area contributed by atoms with Crippen LogP contribution >= 0.6 is 0 Å². The molecule has 4 heteroatoms. The second-order valence-corrected chi connectivity index (χ2v) is 7.01. The molecule has 7 atom stereocenters. The Labute approximate surface area is 123 Å². The fourth-order valence-electron chi connectivity index (χ4n) is 5.29. The number of phenols is 1. The number of hydrogen-bond donors (Lipinski definition) is 2. The third-order valence-electron chi connectivity index (χ3n) is 6.20. The van der Waals surface area contributed by atoms with Gasteiger partial charge in [0.2, 0.25) is 0 Å². The molecule has 4 unspecified atom stereocenters. The third-order valence-corrected chi connectivity index (χ3v) is 6.20. The van der Waals surface area contributed by atoms with Crippen molar-refractivity contribution in [2.75, 3.05) is 7.05 Å². The number of phenolic OH excluding ortho intramolecular Hbond substituents is 1. The summed E-state index contributed by atoms with van der Waals surface area (Å²) in [7, 11) is 2.17. The maximum absolute atomic E-state index is 10.4. The van der Waals surface area contributed by atoms with Crippen molar-refractivity contribution in [1.82, 2.24) is 4.90 Å². The van der Waals surface area contributed by atoms with Crippen LogP contribution in [0.15, 0.2) is 24.3 Å². The van der Waals surface area contributed by atoms with Crippen LogP contribution < -0.4 is 4.74 Å². The highest BCUT2D eigenvalue weighted by Crippen LogP contribution is 2.66. The van der Waals surface area contributed by atoms with Crippen LogP contribution in [0.5, 0.6) is 11.5 Å². The molecule has 2 N–H and O–H groups in total. The second-order valence-electron chi connectivity index (χ2n) is 7.01. The lowest BCUT2D eigenvalue weighted by atomic mass is 9.63. The van der Waals surface area contributed by atoms with Crippen LogP contribution in [0, 0.1) is 12.8 Å². The Hall–Kier alpha value is -1.52. The maximum atomic E-state index is 10.4. The molecule has 110 valence electrons. The normalized spacial score (nSPS) is 48.1. The van der Waals surface area contributed by atoms with Crippen molar-refractivity contribution in [3.63, 3.8) is 0 Å². The average molecular weight is 285 g/mol. The van der Waals surface area contributed by atoms with E-state index in [1.807, 2.05) is 12.1 Å². The van der Waals surface area contributed by atoms with E-state index in [1.54, 1.807) is 6.07 Å². The van der Waals surface area contributed by atoms with Gasteiger partial charge in [-0.1, -0.05) is 18.2 Å². The summed E-state index contributed by atoms with van der Waals surface area (Å²) in [5.74, 6) is 1.15. The zero-order valence-electron chi connectivity index (χ0n) is 12.2. The van der Waals surface area contributed by atoms with Gasteiger partial charge in [-0.3, -0.25) is 4.90 Å². The number of rotatable bonds is 0. The Bertz CT molecular complexity index is 685. The number of fused-ring (bicyclic) bond motifs is 3. The van der Waals surface area contributed by atoms with Gasteiger partial charge in [0.15, 0.2) is 11.5 Å². The van der Waals surface area contributed by atoms with Crippen LogP contribution in [0.1, 0.15) is 17.5 Å². The summed E-state index contributed by atoms with van der Waals surface area (Å²) in [6.07, 6.45) is 4.19. The number of hydrogen-bond acceptors (Lipinski definition) is 4. The largest absolute Gasteiger partial charge is 0.504 e. The molecule has 1 saturated carbocycles. The predicted octanol–water partition coefficient (Wildman–Crippen LogP) is 1.33. The van der Waals surface area contributed by atoms with Crippen LogP contribution in [0.4, 0.5) is 0 Å². The zero-order valence-corrected chi connectivity index (χ0v) is 12.2. The van der Waals surface area contributed by atoms with Gasteiger partial charge in [-0.05, 0) is 32.0 Å². The molecule has 0 amide bonds. The summed E-state index contributed by atoms with van der Waals surface area (Å²) in [6, 6.07) is 4.78. The standard InChI is InChI=1S/C17H19NO3/c1-8-3-5-11(19)15-13(8)17-7-10-14(18(10)2)9(17)4-6-12(20)16(17)21-15/h3-6,9-10,12,14,16,19-20H,7H2,1-2H3/t9-,10?,12?,14?,16-,17-,18?/m0/s1. The quantitative estimate of drug-likeness (QED) is 0.558. The Morgan fingerprint density at radius 1 is 1.33 bits per heavy atom. The highest BCUT2D eigenvalue weighted by molar-refractivity contribution is 5.61. The zero-order chi connectivity index (χ0) is 14.5. The van der Waals surface area contributed by atoms with Crippen LogP contribution in [0.25, 0.3) is 0 Å². The Kier molecular flexibility index (Phi) is 1.98. The summed E-state index contributed by atoms with van der Waals surface area (Å²) < 4.78 is 6.07. The highest BCUT2D eigenvalue weighted by Gasteiger charge is 2.72. The van der Waals surface area contributed by atoms with E-state index < -0.39 is 6.10 Å². The number of likely N-dealkylation sites (N-methyl/N-ethyl adjacent to an activating group) is 1. The van der Waals surface area contributed by atoms with Crippen molar-refractivity contribution < 1.29 is 14.9 Å². The minimum absolute atomic E-state index is 0.172. The number of aliphatic hydroxyl groups is 1. The Morgan fingerprint density at radius 3 is 2.95 bits per heavy atom. The van der Waals surface area contributed by atoms with E-state index >= 15 is 0 Å². The molecule has 1 spiro atoms. The van der Waals surface area contributed by atoms with E-state index in [4.69, 9.17) is 4.74 Å². The van der Waals surface area contributed by atoms with Gasteiger partial charge in [-0.15, -0.1) is 0 Å². The lowest BCUT2D eigenvalue weighted by molar-refractivity contribution is 0.00569. The number of aliphatic hydroxyl groups excluding tert-OH is 1. The van der Waals surface area contributed by atoms with Gasteiger partial charge in [-0.2, -0.15) is 0 Å². The Morgan fingerprint density at radius 2 is 2.14 bits per heavy atom. The predicted molar refractivity (Wildman–Crippen MR) is 77.5 cm³/mol. The number of benzene rings is 1. The van der Waals surface area contributed by atoms with E-state index in [1.165, 1.54) is 0 Å². The highest BCUT2D eigenvalue weighted by atomic mass is 16.5. The summed E-state index contributed by atoms with van der Waals surface area (Å²) in [4.78, 5) is 2.41. The van der Waals surface area contributed by atoms with Gasteiger partial charge in [-0.25, -0.2) is 0 Å². The molecule has 0 radical (unpaired) electrons. The number of aryl methyl sites for hydroxylation is 1. The summed E-state index contributed by atoms with van der Waals surface area (Å²) in [5, 5.41) is 20.6. The number of piperidine rings is 1. The minimum atomic E-state index is -0.602. The van der Waals surface area contributed by atoms with Crippen molar-refractivity contribution in [3.8, 4) is 11.5 Å². The first-order chi connectivity index (χ1) is 10.1. The number of likely N-dealkylation sites (tertiary alicyclic amines) is 1. The van der Waals surface area contributed by atoms with E-state index in [-0.39, 0.29) is 17.3 Å². The van der Waals surface area contributed by atoms with Gasteiger partial charge >= 0.3 is 0 Å². The molecule has 21 heavy (non-hydrogen) atoms. The summed E-state index contributed by atoms with van der Waals surface area (Å²) in [6.45, 7) is 2.08. The Balaban J connectivity index is 1.77. The molecule has 2 aliphatic heterocycles. The van der Waals surface area contributed by atoms with Gasteiger partial charge in [0.25, 0.3) is 0 Å². The molecule has 2 fully saturated rings. The molecule has 1 aromatic carbocycles. The number of ether oxygens (including phenoxy) is 1. The number of nitrogens with zero attached hydrogens (tertiary/aromatic N) is 1. The lowest BCUT2D eigenvalue weighted by Gasteiger charge is -2.42. The second kappa shape index (κ2) is 3.45. The molecule has 1 aromatic rings. The molecule has 2 aliphatic carbocycles. The molecule has 4 nitrogen and oxygen atoms in total. The third kappa shape index (κ3) is 1.17. The molecule has 0 bridgehead atoms. The van der Waals surface area contributed by atoms with Crippen molar-refractivity contribution in [3.05, 3.63) is 35.4 Å². The molecular formula is C17H19NO3. The van der Waals surface area contributed by atoms with Crippen molar-refractivity contribution in [1.29, 1.82) is 0 Å². The molecule has 5 rings (SSSR count). The van der Waals surface area contributed by atoms with Crippen molar-refractivity contribution in [2.45, 2.75) is 43.1 Å². The molecular weight excluding hydrogens is 266 g/mol. The topological polar surface area (TPSA) is 52.7 Å². The van der Waals surface area contributed by atoms with Crippen LogP contribution in [0.3, 0.4) is 0 Å². The van der Waals surface area contributed by atoms with E-state index in [0.29, 0.717) is 23.8 Å². The van der Waals surface area contributed by atoms with Crippen LogP contribution in [-0.4, -0.2) is 46.5 Å². The summed E-state index contributed by atoms with van der Waals surface area (Å²) >= 11 is 0. The first-order valence-electron chi connectivity index (χ1n) is 7.64. The van der Waals surface area contributed by atoms with Crippen molar-refractivity contribution >= 4 is 0 Å².